The maximum Gasteiger partial charge on any atom is 0.263 e. The molecule has 7 nitrogen and oxygen atoms in total. The van der Waals surface area contributed by atoms with E-state index in [1.807, 2.05) is 36.0 Å². The molecule has 0 spiro atoms. The Morgan fingerprint density at radius 3 is 2.88 bits per heavy atom. The van der Waals surface area contributed by atoms with Crippen molar-refractivity contribution in [2.45, 2.75) is 19.9 Å². The smallest absolute Gasteiger partial charge is 0.263 e. The van der Waals surface area contributed by atoms with E-state index in [9.17, 15) is 0 Å². The molecule has 7 heteroatoms. The molecule has 124 valence electrons. The van der Waals surface area contributed by atoms with Crippen molar-refractivity contribution in [2.75, 3.05) is 11.4 Å². The summed E-state index contributed by atoms with van der Waals surface area (Å²) < 4.78 is 7.30. The van der Waals surface area contributed by atoms with Gasteiger partial charge in [-0.1, -0.05) is 23.4 Å². The zero-order valence-electron chi connectivity index (χ0n) is 13.8. The fraction of sp³-hybridized carbons (Fsp3) is 0.222. The molecule has 3 aromatic heterocycles. The molecule has 0 aliphatic carbocycles. The number of para-hydroxylation sites is 1. The van der Waals surface area contributed by atoms with Gasteiger partial charge in [-0.3, -0.25) is 0 Å². The topological polar surface area (TPSA) is 72.9 Å². The predicted molar refractivity (Wildman–Crippen MR) is 92.7 cm³/mol. The Morgan fingerprint density at radius 2 is 2.00 bits per heavy atom. The second-order valence-electron chi connectivity index (χ2n) is 6.18. The Morgan fingerprint density at radius 1 is 1.12 bits per heavy atom. The molecule has 0 radical (unpaired) electrons. The van der Waals surface area contributed by atoms with Crippen LogP contribution in [0.4, 0.5) is 5.82 Å². The van der Waals surface area contributed by atoms with E-state index in [4.69, 9.17) is 4.52 Å². The van der Waals surface area contributed by atoms with Crippen LogP contribution in [0.1, 0.15) is 17.0 Å². The Hall–Kier alpha value is -3.22. The third-order valence-corrected chi connectivity index (χ3v) is 4.66. The molecule has 5 rings (SSSR count). The highest BCUT2D eigenvalue weighted by molar-refractivity contribution is 5.87. The van der Waals surface area contributed by atoms with Crippen LogP contribution in [0.2, 0.25) is 0 Å². The van der Waals surface area contributed by atoms with Crippen LogP contribution < -0.4 is 4.90 Å². The molecule has 0 unspecified atom stereocenters. The van der Waals surface area contributed by atoms with Gasteiger partial charge in [0.2, 0.25) is 0 Å². The summed E-state index contributed by atoms with van der Waals surface area (Å²) in [6.45, 7) is 3.54. The van der Waals surface area contributed by atoms with Crippen LogP contribution in [-0.4, -0.2) is 31.4 Å². The van der Waals surface area contributed by atoms with Gasteiger partial charge in [-0.25, -0.2) is 9.67 Å². The number of hydrogen-bond donors (Lipinski definition) is 0. The van der Waals surface area contributed by atoms with Gasteiger partial charge in [0, 0.05) is 25.1 Å². The molecule has 0 N–H and O–H groups in total. The van der Waals surface area contributed by atoms with Crippen LogP contribution in [0.15, 0.2) is 47.4 Å². The van der Waals surface area contributed by atoms with E-state index in [2.05, 4.69) is 37.3 Å². The van der Waals surface area contributed by atoms with E-state index in [1.54, 1.807) is 0 Å². The first-order chi connectivity index (χ1) is 12.3. The quantitative estimate of drug-likeness (QED) is 0.562. The van der Waals surface area contributed by atoms with Gasteiger partial charge in [0.1, 0.15) is 17.5 Å². The molecule has 0 amide bonds. The van der Waals surface area contributed by atoms with E-state index in [0.717, 1.165) is 42.1 Å². The molecular weight excluding hydrogens is 316 g/mol. The SMILES string of the molecule is Cc1noc2ncnc(N3CCc4c(cnn4-c4ccccc4)C3)c12. The largest absolute Gasteiger partial charge is 0.351 e. The first-order valence-electron chi connectivity index (χ1n) is 8.24. The lowest BCUT2D eigenvalue weighted by Gasteiger charge is -2.28. The van der Waals surface area contributed by atoms with Gasteiger partial charge in [-0.2, -0.15) is 10.1 Å². The Labute approximate surface area is 143 Å². The summed E-state index contributed by atoms with van der Waals surface area (Å²) in [5, 5.41) is 9.50. The maximum atomic E-state index is 5.27. The van der Waals surface area contributed by atoms with Crippen LogP contribution in [-0.2, 0) is 13.0 Å². The zero-order chi connectivity index (χ0) is 16.8. The minimum absolute atomic E-state index is 0.535. The number of anilines is 1. The summed E-state index contributed by atoms with van der Waals surface area (Å²) in [4.78, 5) is 10.9. The average molecular weight is 332 g/mol. The fourth-order valence-corrected chi connectivity index (χ4v) is 3.45. The van der Waals surface area contributed by atoms with Crippen LogP contribution in [0.25, 0.3) is 16.8 Å². The number of benzene rings is 1. The predicted octanol–water partition coefficient (Wildman–Crippen LogP) is 2.67. The van der Waals surface area contributed by atoms with Crippen molar-refractivity contribution in [3.05, 3.63) is 59.8 Å². The molecule has 1 aliphatic rings. The number of nitrogens with zero attached hydrogens (tertiary/aromatic N) is 6. The molecule has 0 saturated heterocycles. The van der Waals surface area contributed by atoms with E-state index in [1.165, 1.54) is 17.6 Å². The van der Waals surface area contributed by atoms with Gasteiger partial charge in [-0.15, -0.1) is 0 Å². The molecule has 4 heterocycles. The number of aryl methyl sites for hydroxylation is 1. The summed E-state index contributed by atoms with van der Waals surface area (Å²) in [5.41, 5.74) is 4.92. The van der Waals surface area contributed by atoms with Crippen molar-refractivity contribution < 1.29 is 4.52 Å². The van der Waals surface area contributed by atoms with E-state index in [-0.39, 0.29) is 0 Å². The molecular formula is C18H16N6O. The van der Waals surface area contributed by atoms with Crippen molar-refractivity contribution in [1.29, 1.82) is 0 Å². The fourth-order valence-electron chi connectivity index (χ4n) is 3.45. The molecule has 1 aliphatic heterocycles. The van der Waals surface area contributed by atoms with Gasteiger partial charge < -0.3 is 9.42 Å². The average Bonchev–Trinajstić information content (AvgIpc) is 3.26. The third kappa shape index (κ3) is 2.20. The molecule has 0 saturated carbocycles. The van der Waals surface area contributed by atoms with Crippen LogP contribution in [0.3, 0.4) is 0 Å². The van der Waals surface area contributed by atoms with Crippen molar-refractivity contribution >= 4 is 16.9 Å². The van der Waals surface area contributed by atoms with Gasteiger partial charge in [0.15, 0.2) is 0 Å². The Balaban J connectivity index is 1.53. The van der Waals surface area contributed by atoms with Crippen LogP contribution in [0, 0.1) is 6.92 Å². The number of hydrogen-bond acceptors (Lipinski definition) is 6. The highest BCUT2D eigenvalue weighted by Crippen LogP contribution is 2.30. The maximum absolute atomic E-state index is 5.27. The molecule has 25 heavy (non-hydrogen) atoms. The molecule has 0 fully saturated rings. The van der Waals surface area contributed by atoms with Crippen molar-refractivity contribution in [1.82, 2.24) is 24.9 Å². The van der Waals surface area contributed by atoms with E-state index >= 15 is 0 Å². The first kappa shape index (κ1) is 14.2. The summed E-state index contributed by atoms with van der Waals surface area (Å²) in [5.74, 6) is 0.877. The normalized spacial score (nSPS) is 14.0. The van der Waals surface area contributed by atoms with Crippen molar-refractivity contribution in [3.63, 3.8) is 0 Å². The molecule has 0 bridgehead atoms. The second-order valence-corrected chi connectivity index (χ2v) is 6.18. The highest BCUT2D eigenvalue weighted by atomic mass is 16.5. The van der Waals surface area contributed by atoms with Crippen LogP contribution >= 0.6 is 0 Å². The van der Waals surface area contributed by atoms with E-state index < -0.39 is 0 Å². The molecule has 4 aromatic rings. The summed E-state index contributed by atoms with van der Waals surface area (Å²) in [6, 6.07) is 10.2. The minimum atomic E-state index is 0.535. The van der Waals surface area contributed by atoms with Gasteiger partial charge >= 0.3 is 0 Å². The Bertz CT molecular complexity index is 1050. The lowest BCUT2D eigenvalue weighted by molar-refractivity contribution is 0.442. The van der Waals surface area contributed by atoms with Gasteiger partial charge in [0.25, 0.3) is 5.71 Å². The third-order valence-electron chi connectivity index (χ3n) is 4.66. The van der Waals surface area contributed by atoms with Gasteiger partial charge in [-0.05, 0) is 19.1 Å². The Kier molecular flexibility index (Phi) is 3.06. The van der Waals surface area contributed by atoms with Gasteiger partial charge in [0.05, 0.1) is 23.3 Å². The van der Waals surface area contributed by atoms with Crippen molar-refractivity contribution in [3.8, 4) is 5.69 Å². The van der Waals surface area contributed by atoms with Crippen molar-refractivity contribution in [2.24, 2.45) is 0 Å². The standard InChI is InChI=1S/C18H16N6O/c1-12-16-17(19-11-20-18(16)25-22-12)23-8-7-15-13(10-23)9-21-24(15)14-5-3-2-4-6-14/h2-6,9,11H,7-8,10H2,1H3. The first-order valence-corrected chi connectivity index (χ1v) is 8.24. The lowest BCUT2D eigenvalue weighted by atomic mass is 10.1. The molecule has 1 aromatic carbocycles. The lowest BCUT2D eigenvalue weighted by Crippen LogP contribution is -2.31. The summed E-state index contributed by atoms with van der Waals surface area (Å²) >= 11 is 0. The zero-order valence-corrected chi connectivity index (χ0v) is 13.8. The number of rotatable bonds is 2. The van der Waals surface area contributed by atoms with Crippen LogP contribution in [0.5, 0.6) is 0 Å². The summed E-state index contributed by atoms with van der Waals surface area (Å²) in [7, 11) is 0. The second kappa shape index (κ2) is 5.41. The highest BCUT2D eigenvalue weighted by Gasteiger charge is 2.25. The van der Waals surface area contributed by atoms with E-state index in [0.29, 0.717) is 5.71 Å². The summed E-state index contributed by atoms with van der Waals surface area (Å²) in [6.07, 6.45) is 4.39. The minimum Gasteiger partial charge on any atom is -0.351 e. The number of fused-ring (bicyclic) bond motifs is 2. The molecule has 0 atom stereocenters. The monoisotopic (exact) mass is 332 g/mol. The number of aromatic nitrogens is 5.